The summed E-state index contributed by atoms with van der Waals surface area (Å²) in [5.74, 6) is 1.80. The lowest BCUT2D eigenvalue weighted by atomic mass is 10.1. The average Bonchev–Trinajstić information content (AvgIpc) is 2.93. The fraction of sp³-hybridized carbons (Fsp3) is 0.471. The Morgan fingerprint density at radius 1 is 1.10 bits per heavy atom. The van der Waals surface area contributed by atoms with E-state index in [9.17, 15) is 0 Å². The normalized spacial score (nSPS) is 14.1. The van der Waals surface area contributed by atoms with Crippen LogP contribution in [-0.2, 0) is 12.8 Å². The zero-order chi connectivity index (χ0) is 15.0. The molecule has 0 saturated heterocycles. The van der Waals surface area contributed by atoms with E-state index in [0.717, 1.165) is 30.2 Å². The maximum Gasteiger partial charge on any atom is 0.180 e. The molecule has 0 saturated carbocycles. The first kappa shape index (κ1) is 14.0. The predicted octanol–water partition coefficient (Wildman–Crippen LogP) is 3.26. The molecule has 3 rings (SSSR count). The summed E-state index contributed by atoms with van der Waals surface area (Å²) in [5.41, 5.74) is 3.38. The molecule has 0 unspecified atom stereocenters. The molecule has 1 aliphatic rings. The van der Waals surface area contributed by atoms with E-state index in [1.54, 1.807) is 6.20 Å². The van der Waals surface area contributed by atoms with Gasteiger partial charge in [0.15, 0.2) is 5.82 Å². The van der Waals surface area contributed by atoms with Crippen LogP contribution in [-0.4, -0.2) is 27.5 Å². The average molecular weight is 282 g/mol. The number of anilines is 1. The highest BCUT2D eigenvalue weighted by molar-refractivity contribution is 5.59. The lowest BCUT2D eigenvalue weighted by Gasteiger charge is -2.34. The molecule has 0 radical (unpaired) electrons. The van der Waals surface area contributed by atoms with Crippen LogP contribution >= 0.6 is 0 Å². The first-order valence-electron chi connectivity index (χ1n) is 7.52. The van der Waals surface area contributed by atoms with Gasteiger partial charge in [0.2, 0.25) is 0 Å². The zero-order valence-electron chi connectivity index (χ0n) is 13.2. The SMILES string of the molecule is CN(c1nc(-c2ccccn2)nc2c1CCC2)C(C)(C)C. The second-order valence-corrected chi connectivity index (χ2v) is 6.59. The van der Waals surface area contributed by atoms with Gasteiger partial charge in [-0.1, -0.05) is 6.07 Å². The van der Waals surface area contributed by atoms with Crippen LogP contribution in [0.3, 0.4) is 0 Å². The van der Waals surface area contributed by atoms with Gasteiger partial charge in [0.25, 0.3) is 0 Å². The minimum absolute atomic E-state index is 0.0338. The fourth-order valence-corrected chi connectivity index (χ4v) is 2.62. The first-order chi connectivity index (χ1) is 9.97. The van der Waals surface area contributed by atoms with Gasteiger partial charge < -0.3 is 4.90 Å². The highest BCUT2D eigenvalue weighted by atomic mass is 15.2. The maximum atomic E-state index is 4.83. The van der Waals surface area contributed by atoms with Crippen LogP contribution in [0.25, 0.3) is 11.5 Å². The van der Waals surface area contributed by atoms with Crippen molar-refractivity contribution in [3.8, 4) is 11.5 Å². The summed E-state index contributed by atoms with van der Waals surface area (Å²) in [6, 6.07) is 5.86. The third kappa shape index (κ3) is 2.62. The van der Waals surface area contributed by atoms with Gasteiger partial charge in [-0.15, -0.1) is 0 Å². The molecule has 0 spiro atoms. The molecular formula is C17H22N4. The van der Waals surface area contributed by atoms with Gasteiger partial charge >= 0.3 is 0 Å². The molecule has 0 fully saturated rings. The summed E-state index contributed by atoms with van der Waals surface area (Å²) < 4.78 is 0. The molecule has 110 valence electrons. The monoisotopic (exact) mass is 282 g/mol. The topological polar surface area (TPSA) is 41.9 Å². The van der Waals surface area contributed by atoms with Gasteiger partial charge in [-0.2, -0.15) is 0 Å². The number of aromatic nitrogens is 3. The summed E-state index contributed by atoms with van der Waals surface area (Å²) in [6.45, 7) is 6.62. The Labute approximate surface area is 126 Å². The third-order valence-electron chi connectivity index (χ3n) is 4.13. The Balaban J connectivity index is 2.14. The van der Waals surface area contributed by atoms with Crippen molar-refractivity contribution in [2.75, 3.05) is 11.9 Å². The quantitative estimate of drug-likeness (QED) is 0.848. The van der Waals surface area contributed by atoms with Crippen molar-refractivity contribution >= 4 is 5.82 Å². The van der Waals surface area contributed by atoms with E-state index in [1.165, 1.54) is 17.7 Å². The number of hydrogen-bond acceptors (Lipinski definition) is 4. The van der Waals surface area contributed by atoms with Gasteiger partial charge in [0, 0.05) is 30.0 Å². The van der Waals surface area contributed by atoms with Crippen LogP contribution in [0.2, 0.25) is 0 Å². The summed E-state index contributed by atoms with van der Waals surface area (Å²) >= 11 is 0. The predicted molar refractivity (Wildman–Crippen MR) is 85.4 cm³/mol. The summed E-state index contributed by atoms with van der Waals surface area (Å²) in [5, 5.41) is 0. The van der Waals surface area contributed by atoms with Crippen molar-refractivity contribution in [3.05, 3.63) is 35.7 Å². The molecule has 0 bridgehead atoms. The van der Waals surface area contributed by atoms with E-state index in [-0.39, 0.29) is 5.54 Å². The van der Waals surface area contributed by atoms with E-state index in [1.807, 2.05) is 18.2 Å². The van der Waals surface area contributed by atoms with Crippen molar-refractivity contribution in [1.29, 1.82) is 0 Å². The molecule has 2 aromatic rings. The number of pyridine rings is 1. The molecule has 0 aliphatic heterocycles. The molecule has 4 heteroatoms. The Hall–Kier alpha value is -1.97. The van der Waals surface area contributed by atoms with Crippen molar-refractivity contribution in [3.63, 3.8) is 0 Å². The standard InChI is InChI=1S/C17H22N4/c1-17(2,3)21(4)16-12-8-7-10-13(12)19-15(20-16)14-9-5-6-11-18-14/h5-6,9,11H,7-8,10H2,1-4H3. The number of fused-ring (bicyclic) bond motifs is 1. The summed E-state index contributed by atoms with van der Waals surface area (Å²) in [4.78, 5) is 16.2. The molecule has 0 atom stereocenters. The van der Waals surface area contributed by atoms with E-state index < -0.39 is 0 Å². The highest BCUT2D eigenvalue weighted by Crippen LogP contribution is 2.33. The van der Waals surface area contributed by atoms with Crippen molar-refractivity contribution < 1.29 is 0 Å². The molecule has 0 aromatic carbocycles. The Morgan fingerprint density at radius 3 is 2.57 bits per heavy atom. The van der Waals surface area contributed by atoms with Crippen LogP contribution in [0.1, 0.15) is 38.4 Å². The summed E-state index contributed by atoms with van der Waals surface area (Å²) in [6.07, 6.45) is 5.08. The number of aryl methyl sites for hydroxylation is 1. The first-order valence-corrected chi connectivity index (χ1v) is 7.52. The molecule has 4 nitrogen and oxygen atoms in total. The third-order valence-corrected chi connectivity index (χ3v) is 4.13. The van der Waals surface area contributed by atoms with E-state index in [2.05, 4.69) is 37.7 Å². The smallest absolute Gasteiger partial charge is 0.180 e. The lowest BCUT2D eigenvalue weighted by Crippen LogP contribution is -2.39. The van der Waals surface area contributed by atoms with E-state index in [0.29, 0.717) is 0 Å². The minimum Gasteiger partial charge on any atom is -0.354 e. The largest absolute Gasteiger partial charge is 0.354 e. The molecule has 0 N–H and O–H groups in total. The second-order valence-electron chi connectivity index (χ2n) is 6.59. The highest BCUT2D eigenvalue weighted by Gasteiger charge is 2.27. The van der Waals surface area contributed by atoms with Gasteiger partial charge in [-0.3, -0.25) is 4.98 Å². The second kappa shape index (κ2) is 5.10. The van der Waals surface area contributed by atoms with Crippen LogP contribution in [0.5, 0.6) is 0 Å². The fourth-order valence-electron chi connectivity index (χ4n) is 2.62. The summed E-state index contributed by atoms with van der Waals surface area (Å²) in [7, 11) is 2.11. The van der Waals surface area contributed by atoms with Gasteiger partial charge in [0.05, 0.1) is 0 Å². The molecule has 2 heterocycles. The Bertz CT molecular complexity index is 644. The van der Waals surface area contributed by atoms with E-state index in [4.69, 9.17) is 9.97 Å². The van der Waals surface area contributed by atoms with Crippen molar-refractivity contribution in [1.82, 2.24) is 15.0 Å². The minimum atomic E-state index is 0.0338. The number of nitrogens with zero attached hydrogens (tertiary/aromatic N) is 4. The Morgan fingerprint density at radius 2 is 1.90 bits per heavy atom. The number of rotatable bonds is 2. The molecule has 2 aromatic heterocycles. The number of hydrogen-bond donors (Lipinski definition) is 0. The Kier molecular flexibility index (Phi) is 3.40. The van der Waals surface area contributed by atoms with Gasteiger partial charge in [-0.05, 0) is 52.2 Å². The maximum absolute atomic E-state index is 4.83. The lowest BCUT2D eigenvalue weighted by molar-refractivity contribution is 0.532. The van der Waals surface area contributed by atoms with Gasteiger partial charge in [-0.25, -0.2) is 9.97 Å². The van der Waals surface area contributed by atoms with Crippen LogP contribution < -0.4 is 4.90 Å². The zero-order valence-corrected chi connectivity index (χ0v) is 13.2. The van der Waals surface area contributed by atoms with E-state index >= 15 is 0 Å². The molecular weight excluding hydrogens is 260 g/mol. The van der Waals surface area contributed by atoms with Crippen molar-refractivity contribution in [2.45, 2.75) is 45.6 Å². The van der Waals surface area contributed by atoms with Crippen LogP contribution in [0.4, 0.5) is 5.82 Å². The molecule has 0 amide bonds. The molecule has 1 aliphatic carbocycles. The van der Waals surface area contributed by atoms with Crippen LogP contribution in [0.15, 0.2) is 24.4 Å². The molecule has 21 heavy (non-hydrogen) atoms. The van der Waals surface area contributed by atoms with Gasteiger partial charge in [0.1, 0.15) is 11.5 Å². The van der Waals surface area contributed by atoms with Crippen molar-refractivity contribution in [2.24, 2.45) is 0 Å². The van der Waals surface area contributed by atoms with Crippen LogP contribution in [0, 0.1) is 0 Å².